The second kappa shape index (κ2) is 5.08. The lowest BCUT2D eigenvalue weighted by Gasteiger charge is -2.09. The van der Waals surface area contributed by atoms with E-state index in [1.165, 1.54) is 42.8 Å². The third-order valence-electron chi connectivity index (χ3n) is 2.93. The van der Waals surface area contributed by atoms with E-state index in [0.717, 1.165) is 6.54 Å². The topological polar surface area (TPSA) is 24.9 Å². The predicted molar refractivity (Wildman–Crippen MR) is 65.5 cm³/mol. The molecule has 0 radical (unpaired) electrons. The molecule has 0 aromatic carbocycles. The summed E-state index contributed by atoms with van der Waals surface area (Å²) < 4.78 is 0. The maximum Gasteiger partial charge on any atom is 0.110 e. The highest BCUT2D eigenvalue weighted by atomic mass is 32.1. The van der Waals surface area contributed by atoms with Crippen LogP contribution >= 0.6 is 11.3 Å². The van der Waals surface area contributed by atoms with Gasteiger partial charge in [-0.2, -0.15) is 0 Å². The van der Waals surface area contributed by atoms with E-state index >= 15 is 0 Å². The van der Waals surface area contributed by atoms with Gasteiger partial charge in [-0.05, 0) is 45.6 Å². The van der Waals surface area contributed by atoms with Gasteiger partial charge >= 0.3 is 0 Å². The van der Waals surface area contributed by atoms with Gasteiger partial charge in [0.05, 0.1) is 11.7 Å². The largest absolute Gasteiger partial charge is 0.308 e. The minimum Gasteiger partial charge on any atom is -0.308 e. The van der Waals surface area contributed by atoms with Crippen LogP contribution in [-0.4, -0.2) is 11.5 Å². The molecule has 0 saturated heterocycles. The van der Waals surface area contributed by atoms with E-state index in [1.807, 2.05) is 11.3 Å². The lowest BCUT2D eigenvalue weighted by atomic mass is 10.0. The summed E-state index contributed by atoms with van der Waals surface area (Å²) in [5.41, 5.74) is 1.38. The van der Waals surface area contributed by atoms with Crippen LogP contribution in [0, 0.1) is 0 Å². The van der Waals surface area contributed by atoms with E-state index in [0.29, 0.717) is 6.04 Å². The molecule has 2 rings (SSSR count). The molecule has 0 saturated carbocycles. The van der Waals surface area contributed by atoms with Crippen LogP contribution in [0.25, 0.3) is 0 Å². The smallest absolute Gasteiger partial charge is 0.110 e. The predicted octanol–water partition coefficient (Wildman–Crippen LogP) is 3.08. The second-order valence-electron chi connectivity index (χ2n) is 4.30. The Hall–Kier alpha value is -0.410. The zero-order valence-corrected chi connectivity index (χ0v) is 10.5. The van der Waals surface area contributed by atoms with Crippen molar-refractivity contribution in [3.05, 3.63) is 15.6 Å². The van der Waals surface area contributed by atoms with E-state index in [1.54, 1.807) is 4.88 Å². The molecule has 1 aromatic rings. The van der Waals surface area contributed by atoms with Crippen LogP contribution in [0.15, 0.2) is 0 Å². The van der Waals surface area contributed by atoms with E-state index in [-0.39, 0.29) is 0 Å². The first-order valence-corrected chi connectivity index (χ1v) is 6.84. The Balaban J connectivity index is 2.05. The summed E-state index contributed by atoms with van der Waals surface area (Å²) in [5, 5.41) is 4.79. The Kier molecular flexibility index (Phi) is 3.76. The fourth-order valence-corrected chi connectivity index (χ4v) is 3.19. The lowest BCUT2D eigenvalue weighted by Crippen LogP contribution is -2.19. The molecule has 0 bridgehead atoms. The Morgan fingerprint density at radius 1 is 1.40 bits per heavy atom. The van der Waals surface area contributed by atoms with Gasteiger partial charge in [-0.15, -0.1) is 11.3 Å². The molecule has 1 aliphatic carbocycles. The van der Waals surface area contributed by atoms with Crippen molar-refractivity contribution in [3.8, 4) is 0 Å². The molecule has 0 amide bonds. The highest BCUT2D eigenvalue weighted by Gasteiger charge is 2.17. The van der Waals surface area contributed by atoms with Crippen LogP contribution in [-0.2, 0) is 12.8 Å². The quantitative estimate of drug-likeness (QED) is 0.850. The maximum atomic E-state index is 4.76. The number of thiazole rings is 1. The van der Waals surface area contributed by atoms with Crippen molar-refractivity contribution in [2.75, 3.05) is 6.54 Å². The van der Waals surface area contributed by atoms with Crippen molar-refractivity contribution < 1.29 is 0 Å². The number of hydrogen-bond donors (Lipinski definition) is 1. The normalized spacial score (nSPS) is 17.5. The van der Waals surface area contributed by atoms with Gasteiger partial charge < -0.3 is 5.32 Å². The van der Waals surface area contributed by atoms with E-state index in [9.17, 15) is 0 Å². The number of aromatic nitrogens is 1. The standard InChI is InChI=1S/C12H20N2S/c1-3-8-13-9(2)12-14-10-6-4-5-7-11(10)15-12/h9,13H,3-8H2,1-2H3. The van der Waals surface area contributed by atoms with Gasteiger partial charge in [0.25, 0.3) is 0 Å². The zero-order valence-electron chi connectivity index (χ0n) is 9.68. The number of nitrogens with one attached hydrogen (secondary N) is 1. The summed E-state index contributed by atoms with van der Waals surface area (Å²) in [5.74, 6) is 0. The number of fused-ring (bicyclic) bond motifs is 1. The molecular formula is C12H20N2S. The van der Waals surface area contributed by atoms with Gasteiger partial charge in [-0.3, -0.25) is 0 Å². The fraction of sp³-hybridized carbons (Fsp3) is 0.750. The molecule has 1 atom stereocenters. The summed E-state index contributed by atoms with van der Waals surface area (Å²) in [7, 11) is 0. The van der Waals surface area contributed by atoms with E-state index in [2.05, 4.69) is 19.2 Å². The van der Waals surface area contributed by atoms with Crippen LogP contribution in [0.5, 0.6) is 0 Å². The first-order chi connectivity index (χ1) is 7.31. The molecule has 15 heavy (non-hydrogen) atoms. The first-order valence-electron chi connectivity index (χ1n) is 6.03. The van der Waals surface area contributed by atoms with Crippen LogP contribution in [0.1, 0.15) is 54.7 Å². The van der Waals surface area contributed by atoms with Gasteiger partial charge in [0.15, 0.2) is 0 Å². The molecule has 1 aliphatic rings. The highest BCUT2D eigenvalue weighted by Crippen LogP contribution is 2.29. The molecule has 84 valence electrons. The second-order valence-corrected chi connectivity index (χ2v) is 5.42. The Morgan fingerprint density at radius 2 is 2.20 bits per heavy atom. The number of nitrogens with zero attached hydrogens (tertiary/aromatic N) is 1. The van der Waals surface area contributed by atoms with Crippen molar-refractivity contribution in [2.45, 2.75) is 52.0 Å². The number of aryl methyl sites for hydroxylation is 2. The summed E-state index contributed by atoms with van der Waals surface area (Å²) in [6.07, 6.45) is 6.33. The Bertz CT molecular complexity index is 296. The van der Waals surface area contributed by atoms with Crippen molar-refractivity contribution in [2.24, 2.45) is 0 Å². The van der Waals surface area contributed by atoms with Gasteiger partial charge in [0.1, 0.15) is 5.01 Å². The summed E-state index contributed by atoms with van der Waals surface area (Å²) in [4.78, 5) is 6.30. The van der Waals surface area contributed by atoms with Crippen LogP contribution in [0.3, 0.4) is 0 Å². The lowest BCUT2D eigenvalue weighted by molar-refractivity contribution is 0.565. The van der Waals surface area contributed by atoms with Gasteiger partial charge in [-0.1, -0.05) is 6.92 Å². The average molecular weight is 224 g/mol. The first kappa shape index (κ1) is 11.1. The third-order valence-corrected chi connectivity index (χ3v) is 4.27. The SMILES string of the molecule is CCCNC(C)c1nc2c(s1)CCCC2. The monoisotopic (exact) mass is 224 g/mol. The molecular weight excluding hydrogens is 204 g/mol. The van der Waals surface area contributed by atoms with Gasteiger partial charge in [-0.25, -0.2) is 4.98 Å². The van der Waals surface area contributed by atoms with Crippen LogP contribution in [0.2, 0.25) is 0 Å². The average Bonchev–Trinajstić information content (AvgIpc) is 2.69. The molecule has 0 aliphatic heterocycles. The minimum absolute atomic E-state index is 0.431. The minimum atomic E-state index is 0.431. The van der Waals surface area contributed by atoms with Crippen molar-refractivity contribution >= 4 is 11.3 Å². The summed E-state index contributed by atoms with van der Waals surface area (Å²) >= 11 is 1.92. The summed E-state index contributed by atoms with van der Waals surface area (Å²) in [6.45, 7) is 5.51. The zero-order chi connectivity index (χ0) is 10.7. The molecule has 1 unspecified atom stereocenters. The van der Waals surface area contributed by atoms with Crippen molar-refractivity contribution in [3.63, 3.8) is 0 Å². The van der Waals surface area contributed by atoms with Gasteiger partial charge in [0.2, 0.25) is 0 Å². The van der Waals surface area contributed by atoms with Crippen molar-refractivity contribution in [1.29, 1.82) is 0 Å². The molecule has 0 spiro atoms. The highest BCUT2D eigenvalue weighted by molar-refractivity contribution is 7.11. The third kappa shape index (κ3) is 2.58. The molecule has 1 aromatic heterocycles. The van der Waals surface area contributed by atoms with Crippen LogP contribution in [0.4, 0.5) is 0 Å². The molecule has 3 heteroatoms. The van der Waals surface area contributed by atoms with E-state index in [4.69, 9.17) is 4.98 Å². The Morgan fingerprint density at radius 3 is 2.93 bits per heavy atom. The summed E-state index contributed by atoms with van der Waals surface area (Å²) in [6, 6.07) is 0.431. The van der Waals surface area contributed by atoms with Crippen LogP contribution < -0.4 is 5.32 Å². The Labute approximate surface area is 96.1 Å². The fourth-order valence-electron chi connectivity index (χ4n) is 2.01. The number of rotatable bonds is 4. The molecule has 1 heterocycles. The number of hydrogen-bond acceptors (Lipinski definition) is 3. The maximum absolute atomic E-state index is 4.76. The van der Waals surface area contributed by atoms with Crippen molar-refractivity contribution in [1.82, 2.24) is 10.3 Å². The van der Waals surface area contributed by atoms with E-state index < -0.39 is 0 Å². The molecule has 0 fully saturated rings. The molecule has 1 N–H and O–H groups in total. The molecule has 2 nitrogen and oxygen atoms in total. The van der Waals surface area contributed by atoms with Gasteiger partial charge in [0, 0.05) is 4.88 Å².